The number of nitrogens with one attached hydrogen (secondary N) is 1. The van der Waals surface area contributed by atoms with Crippen LogP contribution in [0.1, 0.15) is 0 Å². The Hall–Kier alpha value is -3.18. The molecule has 0 aromatic heterocycles. The summed E-state index contributed by atoms with van der Waals surface area (Å²) >= 11 is 1.67. The molecule has 0 unspecified atom stereocenters. The highest BCUT2D eigenvalue weighted by molar-refractivity contribution is 7.99. The van der Waals surface area contributed by atoms with Crippen LogP contribution in [0.25, 0.3) is 0 Å². The van der Waals surface area contributed by atoms with E-state index in [4.69, 9.17) is 4.74 Å². The quantitative estimate of drug-likeness (QED) is 0.562. The second kappa shape index (κ2) is 7.60. The van der Waals surface area contributed by atoms with E-state index in [1.54, 1.807) is 28.8 Å². The number of hydrogen-bond donors (Lipinski definition) is 1. The Balaban J connectivity index is 1.65. The van der Waals surface area contributed by atoms with Gasteiger partial charge in [-0.05, 0) is 36.4 Å². The van der Waals surface area contributed by atoms with Crippen LogP contribution in [0.2, 0.25) is 0 Å². The maximum atomic E-state index is 13.2. The van der Waals surface area contributed by atoms with Crippen LogP contribution in [0, 0.1) is 0 Å². The number of anilines is 3. The Morgan fingerprint density at radius 1 is 1.00 bits per heavy atom. The minimum absolute atomic E-state index is 0.212. The molecule has 3 aromatic rings. The maximum absolute atomic E-state index is 13.2. The van der Waals surface area contributed by atoms with Gasteiger partial charge in [-0.15, -0.1) is 0 Å². The molecule has 0 spiro atoms. The van der Waals surface area contributed by atoms with Crippen LogP contribution in [0.3, 0.4) is 0 Å². The number of fused-ring (bicyclic) bond motifs is 2. The molecule has 0 aliphatic carbocycles. The third kappa shape index (κ3) is 3.55. The van der Waals surface area contributed by atoms with E-state index in [-0.39, 0.29) is 6.03 Å². The number of amides is 2. The largest absolute Gasteiger partial charge is 0.489 e. The zero-order chi connectivity index (χ0) is 18.6. The lowest BCUT2D eigenvalue weighted by atomic mass is 10.2. The Morgan fingerprint density at radius 3 is 2.33 bits per heavy atom. The molecule has 5 heteroatoms. The number of hydrogen-bond acceptors (Lipinski definition) is 3. The summed E-state index contributed by atoms with van der Waals surface area (Å²) in [5.41, 5.74) is 2.42. The second-order valence-electron chi connectivity index (χ2n) is 5.93. The lowest BCUT2D eigenvalue weighted by Gasteiger charge is -2.31. The van der Waals surface area contributed by atoms with Crippen LogP contribution in [0.15, 0.2) is 95.2 Å². The fraction of sp³-hybridized carbons (Fsp3) is 0.0455. The van der Waals surface area contributed by atoms with E-state index in [9.17, 15) is 4.79 Å². The highest BCUT2D eigenvalue weighted by Gasteiger charge is 2.27. The standard InChI is InChI=1S/C22H18N2O2S/c1-2-14-26-17-9-7-8-16(15-17)23-22(25)24-18-10-3-5-12-20(18)27-21-13-6-4-11-19(21)24/h2-13,15H,1,14H2,(H,23,25). The van der Waals surface area contributed by atoms with Crippen molar-refractivity contribution in [1.82, 2.24) is 0 Å². The molecule has 27 heavy (non-hydrogen) atoms. The summed E-state index contributed by atoms with van der Waals surface area (Å²) in [6.45, 7) is 4.07. The van der Waals surface area contributed by atoms with E-state index >= 15 is 0 Å². The van der Waals surface area contributed by atoms with Crippen LogP contribution in [0.5, 0.6) is 5.75 Å². The Labute approximate surface area is 162 Å². The van der Waals surface area contributed by atoms with Gasteiger partial charge in [0.25, 0.3) is 0 Å². The molecule has 1 aliphatic heterocycles. The van der Waals surface area contributed by atoms with E-state index < -0.39 is 0 Å². The van der Waals surface area contributed by atoms with Gasteiger partial charge in [-0.1, -0.05) is 54.7 Å². The first-order valence-electron chi connectivity index (χ1n) is 8.57. The topological polar surface area (TPSA) is 41.6 Å². The van der Waals surface area contributed by atoms with Gasteiger partial charge in [0.05, 0.1) is 11.4 Å². The van der Waals surface area contributed by atoms with Crippen molar-refractivity contribution in [2.45, 2.75) is 9.79 Å². The normalized spacial score (nSPS) is 11.9. The first-order chi connectivity index (χ1) is 13.3. The molecule has 0 atom stereocenters. The Kier molecular flexibility index (Phi) is 4.85. The van der Waals surface area contributed by atoms with E-state index in [1.165, 1.54) is 0 Å². The molecule has 4 rings (SSSR count). The molecule has 0 fully saturated rings. The Bertz CT molecular complexity index is 957. The van der Waals surface area contributed by atoms with Crippen LogP contribution < -0.4 is 15.0 Å². The molecule has 3 aromatic carbocycles. The van der Waals surface area contributed by atoms with Gasteiger partial charge in [-0.25, -0.2) is 4.79 Å². The molecule has 1 aliphatic rings. The van der Waals surface area contributed by atoms with Gasteiger partial charge in [0.1, 0.15) is 12.4 Å². The minimum atomic E-state index is -0.212. The highest BCUT2D eigenvalue weighted by Crippen LogP contribution is 2.48. The molecule has 0 saturated heterocycles. The van der Waals surface area contributed by atoms with E-state index in [2.05, 4.69) is 11.9 Å². The molecular formula is C22H18N2O2S. The summed E-state index contributed by atoms with van der Waals surface area (Å²) in [5, 5.41) is 2.98. The van der Waals surface area contributed by atoms with Gasteiger partial charge in [0.2, 0.25) is 0 Å². The third-order valence-corrected chi connectivity index (χ3v) is 5.22. The lowest BCUT2D eigenvalue weighted by Crippen LogP contribution is -2.32. The fourth-order valence-corrected chi connectivity index (χ4v) is 3.98. The van der Waals surface area contributed by atoms with Gasteiger partial charge in [-0.2, -0.15) is 0 Å². The van der Waals surface area contributed by atoms with Crippen LogP contribution >= 0.6 is 11.8 Å². The molecule has 2 amide bonds. The average molecular weight is 374 g/mol. The molecule has 1 heterocycles. The van der Waals surface area contributed by atoms with Crippen molar-refractivity contribution in [2.75, 3.05) is 16.8 Å². The number of benzene rings is 3. The van der Waals surface area contributed by atoms with Crippen molar-refractivity contribution < 1.29 is 9.53 Å². The average Bonchev–Trinajstić information content (AvgIpc) is 2.70. The predicted octanol–water partition coefficient (Wildman–Crippen LogP) is 6.09. The number of rotatable bonds is 4. The van der Waals surface area contributed by atoms with Gasteiger partial charge in [0.15, 0.2) is 0 Å². The first kappa shape index (κ1) is 17.2. The van der Waals surface area contributed by atoms with Gasteiger partial charge in [0, 0.05) is 21.5 Å². The summed E-state index contributed by atoms with van der Waals surface area (Å²) in [4.78, 5) is 17.0. The van der Waals surface area contributed by atoms with Crippen molar-refractivity contribution in [3.63, 3.8) is 0 Å². The number of urea groups is 1. The summed E-state index contributed by atoms with van der Waals surface area (Å²) in [7, 11) is 0. The summed E-state index contributed by atoms with van der Waals surface area (Å²) in [6, 6.07) is 23.0. The molecule has 0 radical (unpaired) electrons. The number of nitrogens with zero attached hydrogens (tertiary/aromatic N) is 1. The van der Waals surface area contributed by atoms with Crippen molar-refractivity contribution in [3.05, 3.63) is 85.5 Å². The van der Waals surface area contributed by atoms with Crippen LogP contribution in [-0.4, -0.2) is 12.6 Å². The molecule has 4 nitrogen and oxygen atoms in total. The summed E-state index contributed by atoms with van der Waals surface area (Å²) in [5.74, 6) is 0.683. The monoisotopic (exact) mass is 374 g/mol. The van der Waals surface area contributed by atoms with Crippen LogP contribution in [-0.2, 0) is 0 Å². The van der Waals surface area contributed by atoms with Crippen molar-refractivity contribution in [3.8, 4) is 5.75 Å². The molecular weight excluding hydrogens is 356 g/mol. The minimum Gasteiger partial charge on any atom is -0.489 e. The van der Waals surface area contributed by atoms with Crippen molar-refractivity contribution >= 4 is 34.9 Å². The highest BCUT2D eigenvalue weighted by atomic mass is 32.2. The molecule has 0 bridgehead atoms. The SMILES string of the molecule is C=CCOc1cccc(NC(=O)N2c3ccccc3Sc3ccccc32)c1. The van der Waals surface area contributed by atoms with Crippen molar-refractivity contribution in [2.24, 2.45) is 0 Å². The van der Waals surface area contributed by atoms with E-state index in [1.807, 2.05) is 66.7 Å². The molecule has 1 N–H and O–H groups in total. The lowest BCUT2D eigenvalue weighted by molar-refractivity contribution is 0.259. The zero-order valence-corrected chi connectivity index (χ0v) is 15.4. The predicted molar refractivity (Wildman–Crippen MR) is 110 cm³/mol. The first-order valence-corrected chi connectivity index (χ1v) is 9.39. The van der Waals surface area contributed by atoms with Crippen molar-refractivity contribution in [1.29, 1.82) is 0 Å². The zero-order valence-electron chi connectivity index (χ0n) is 14.6. The molecule has 134 valence electrons. The van der Waals surface area contributed by atoms with Crippen LogP contribution in [0.4, 0.5) is 21.9 Å². The summed E-state index contributed by atoms with van der Waals surface area (Å²) in [6.07, 6.45) is 1.69. The van der Waals surface area contributed by atoms with E-state index in [0.29, 0.717) is 18.0 Å². The maximum Gasteiger partial charge on any atom is 0.331 e. The number of para-hydroxylation sites is 2. The Morgan fingerprint density at radius 2 is 1.67 bits per heavy atom. The molecule has 0 saturated carbocycles. The number of ether oxygens (including phenoxy) is 1. The van der Waals surface area contributed by atoms with E-state index in [0.717, 1.165) is 21.2 Å². The fourth-order valence-electron chi connectivity index (χ4n) is 2.92. The third-order valence-electron chi connectivity index (χ3n) is 4.09. The second-order valence-corrected chi connectivity index (χ2v) is 7.01. The van der Waals surface area contributed by atoms with Gasteiger partial charge in [-0.3, -0.25) is 4.90 Å². The number of carbonyl (C=O) groups is 1. The van der Waals surface area contributed by atoms with Gasteiger partial charge < -0.3 is 10.1 Å². The number of carbonyl (C=O) groups excluding carboxylic acids is 1. The smallest absolute Gasteiger partial charge is 0.331 e. The summed E-state index contributed by atoms with van der Waals surface area (Å²) < 4.78 is 5.55. The van der Waals surface area contributed by atoms with Gasteiger partial charge >= 0.3 is 6.03 Å².